The first-order chi connectivity index (χ1) is 11.0. The summed E-state index contributed by atoms with van der Waals surface area (Å²) in [4.78, 5) is 12.6. The number of nitrogens with zero attached hydrogens (tertiary/aromatic N) is 1. The zero-order valence-electron chi connectivity index (χ0n) is 14.4. The average molecular weight is 318 g/mol. The van der Waals surface area contributed by atoms with E-state index in [4.69, 9.17) is 9.47 Å². The third-order valence-corrected chi connectivity index (χ3v) is 3.86. The molecule has 0 radical (unpaired) electrons. The normalized spacial score (nSPS) is 13.0. The Kier molecular flexibility index (Phi) is 7.56. The highest BCUT2D eigenvalue weighted by atomic mass is 16.5. The Morgan fingerprint density at radius 3 is 2.65 bits per heavy atom. The number of rotatable bonds is 9. The number of ether oxygens (including phenoxy) is 2. The molecule has 0 fully saturated rings. The average Bonchev–Trinajstić information content (AvgIpc) is 2.56. The predicted octanol–water partition coefficient (Wildman–Crippen LogP) is 3.88. The van der Waals surface area contributed by atoms with Gasteiger partial charge < -0.3 is 14.8 Å². The highest BCUT2D eigenvalue weighted by Gasteiger charge is 2.32. The lowest BCUT2D eigenvalue weighted by Crippen LogP contribution is -2.42. The molecule has 5 nitrogen and oxygen atoms in total. The number of hydrogen-bond donors (Lipinski definition) is 1. The molecule has 0 saturated carbocycles. The second-order valence-electron chi connectivity index (χ2n) is 5.60. The molecule has 0 aliphatic carbocycles. The Labute approximate surface area is 138 Å². The summed E-state index contributed by atoms with van der Waals surface area (Å²) in [5.74, 6) is 0.372. The summed E-state index contributed by atoms with van der Waals surface area (Å²) >= 11 is 0. The maximum Gasteiger partial charge on any atom is 0.256 e. The first-order valence-electron chi connectivity index (χ1n) is 8.04. The number of anilines is 1. The van der Waals surface area contributed by atoms with E-state index >= 15 is 0 Å². The molecule has 1 atom stereocenters. The van der Waals surface area contributed by atoms with Gasteiger partial charge in [-0.2, -0.15) is 5.26 Å². The molecule has 126 valence electrons. The van der Waals surface area contributed by atoms with E-state index in [1.807, 2.05) is 6.92 Å². The van der Waals surface area contributed by atoms with Gasteiger partial charge in [-0.3, -0.25) is 4.79 Å². The molecule has 0 unspecified atom stereocenters. The number of hydrogen-bond acceptors (Lipinski definition) is 4. The van der Waals surface area contributed by atoms with Crippen LogP contribution in [0.15, 0.2) is 18.2 Å². The minimum atomic E-state index is -0.902. The van der Waals surface area contributed by atoms with Crippen LogP contribution in [-0.4, -0.2) is 25.2 Å². The van der Waals surface area contributed by atoms with Gasteiger partial charge in [-0.05, 0) is 38.5 Å². The minimum Gasteiger partial charge on any atom is -0.494 e. The summed E-state index contributed by atoms with van der Waals surface area (Å²) in [6, 6.07) is 7.13. The van der Waals surface area contributed by atoms with E-state index in [0.717, 1.165) is 19.3 Å². The number of nitrogens with one attached hydrogen (secondary N) is 1. The van der Waals surface area contributed by atoms with Crippen molar-refractivity contribution in [1.82, 2.24) is 0 Å². The van der Waals surface area contributed by atoms with Crippen molar-refractivity contribution in [3.8, 4) is 11.8 Å². The van der Waals surface area contributed by atoms with Crippen LogP contribution < -0.4 is 10.1 Å². The molecule has 1 amide bonds. The fourth-order valence-electron chi connectivity index (χ4n) is 2.26. The molecule has 5 heteroatoms. The summed E-state index contributed by atoms with van der Waals surface area (Å²) < 4.78 is 10.8. The van der Waals surface area contributed by atoms with Crippen molar-refractivity contribution < 1.29 is 14.3 Å². The Morgan fingerprint density at radius 1 is 1.35 bits per heavy atom. The Morgan fingerprint density at radius 2 is 2.09 bits per heavy atom. The lowest BCUT2D eigenvalue weighted by molar-refractivity contribution is -0.136. The van der Waals surface area contributed by atoms with Crippen LogP contribution in [0.3, 0.4) is 0 Å². The molecule has 23 heavy (non-hydrogen) atoms. The van der Waals surface area contributed by atoms with E-state index in [2.05, 4.69) is 18.3 Å². The largest absolute Gasteiger partial charge is 0.494 e. The number of methoxy groups -OCH3 is 1. The Hall–Kier alpha value is -2.06. The van der Waals surface area contributed by atoms with Gasteiger partial charge in [0.25, 0.3) is 5.91 Å². The van der Waals surface area contributed by atoms with Gasteiger partial charge in [0.1, 0.15) is 17.4 Å². The van der Waals surface area contributed by atoms with E-state index in [1.54, 1.807) is 25.1 Å². The van der Waals surface area contributed by atoms with Crippen molar-refractivity contribution in [1.29, 1.82) is 5.26 Å². The molecule has 1 N–H and O–H groups in total. The molecule has 0 aliphatic rings. The molecule has 1 aromatic rings. The summed E-state index contributed by atoms with van der Waals surface area (Å²) in [6.45, 7) is 6.29. The molecule has 0 saturated heterocycles. The number of benzene rings is 1. The summed E-state index contributed by atoms with van der Waals surface area (Å²) in [5.41, 5.74) is -0.0587. The molecule has 0 aromatic heterocycles. The van der Waals surface area contributed by atoms with Gasteiger partial charge >= 0.3 is 0 Å². The molecule has 0 spiro atoms. The fraction of sp³-hybridized carbons (Fsp3) is 0.556. The number of nitriles is 1. The first kappa shape index (κ1) is 19.0. The van der Waals surface area contributed by atoms with Gasteiger partial charge in [-0.15, -0.1) is 0 Å². The first-order valence-corrected chi connectivity index (χ1v) is 8.04. The highest BCUT2D eigenvalue weighted by Crippen LogP contribution is 2.25. The molecule has 0 heterocycles. The van der Waals surface area contributed by atoms with Crippen LogP contribution in [0.1, 0.15) is 52.0 Å². The molecule has 0 bridgehead atoms. The van der Waals surface area contributed by atoms with Crippen LogP contribution in [0, 0.1) is 11.3 Å². The molecule has 1 rings (SSSR count). The Balaban J connectivity index is 2.88. The second kappa shape index (κ2) is 9.16. The predicted molar refractivity (Wildman–Crippen MR) is 90.5 cm³/mol. The van der Waals surface area contributed by atoms with Crippen molar-refractivity contribution in [2.75, 3.05) is 19.0 Å². The molecular formula is C18H26N2O3. The summed E-state index contributed by atoms with van der Waals surface area (Å²) in [5, 5.41) is 12.1. The van der Waals surface area contributed by atoms with Crippen LogP contribution in [-0.2, 0) is 9.53 Å². The van der Waals surface area contributed by atoms with Gasteiger partial charge in [-0.25, -0.2) is 0 Å². The maximum absolute atomic E-state index is 12.6. The molecular weight excluding hydrogens is 292 g/mol. The van der Waals surface area contributed by atoms with Crippen molar-refractivity contribution in [3.63, 3.8) is 0 Å². The standard InChI is InChI=1S/C18H26N2O3/c1-5-7-8-11-18(3,22-4)17(21)20-16-10-9-15(23-6-2)12-14(16)13-19/h9-10,12H,5-8,11H2,1-4H3,(H,20,21)/t18-/m0/s1. The van der Waals surface area contributed by atoms with Gasteiger partial charge in [-0.1, -0.05) is 26.2 Å². The number of carbonyl (C=O) groups excluding carboxylic acids is 1. The number of amides is 1. The lowest BCUT2D eigenvalue weighted by Gasteiger charge is -2.27. The van der Waals surface area contributed by atoms with Gasteiger partial charge in [0.05, 0.1) is 17.9 Å². The highest BCUT2D eigenvalue weighted by molar-refractivity contribution is 5.98. The van der Waals surface area contributed by atoms with Crippen LogP contribution in [0.4, 0.5) is 5.69 Å². The number of carbonyl (C=O) groups is 1. The molecule has 0 aliphatic heterocycles. The van der Waals surface area contributed by atoms with Crippen LogP contribution in [0.25, 0.3) is 0 Å². The fourth-order valence-corrected chi connectivity index (χ4v) is 2.26. The summed E-state index contributed by atoms with van der Waals surface area (Å²) in [7, 11) is 1.54. The third-order valence-electron chi connectivity index (χ3n) is 3.86. The van der Waals surface area contributed by atoms with Gasteiger partial charge in [0.15, 0.2) is 0 Å². The zero-order valence-corrected chi connectivity index (χ0v) is 14.4. The van der Waals surface area contributed by atoms with E-state index in [0.29, 0.717) is 30.0 Å². The van der Waals surface area contributed by atoms with E-state index in [9.17, 15) is 10.1 Å². The van der Waals surface area contributed by atoms with Crippen LogP contribution in [0.2, 0.25) is 0 Å². The van der Waals surface area contributed by atoms with Crippen LogP contribution >= 0.6 is 0 Å². The molecule has 1 aromatic carbocycles. The van der Waals surface area contributed by atoms with Crippen molar-refractivity contribution >= 4 is 11.6 Å². The third kappa shape index (κ3) is 5.26. The monoisotopic (exact) mass is 318 g/mol. The summed E-state index contributed by atoms with van der Waals surface area (Å²) in [6.07, 6.45) is 3.70. The lowest BCUT2D eigenvalue weighted by atomic mass is 9.96. The number of unbranched alkanes of at least 4 members (excludes halogenated alkanes) is 2. The van der Waals surface area contributed by atoms with E-state index in [-0.39, 0.29) is 5.91 Å². The second-order valence-corrected chi connectivity index (χ2v) is 5.60. The van der Waals surface area contributed by atoms with Crippen molar-refractivity contribution in [2.45, 2.75) is 52.1 Å². The quantitative estimate of drug-likeness (QED) is 0.701. The maximum atomic E-state index is 12.6. The SMILES string of the molecule is CCCCC[C@](C)(OC)C(=O)Nc1ccc(OCC)cc1C#N. The van der Waals surface area contributed by atoms with E-state index < -0.39 is 5.60 Å². The van der Waals surface area contributed by atoms with Crippen molar-refractivity contribution in [2.24, 2.45) is 0 Å². The van der Waals surface area contributed by atoms with Gasteiger partial charge in [0.2, 0.25) is 0 Å². The van der Waals surface area contributed by atoms with E-state index in [1.165, 1.54) is 7.11 Å². The van der Waals surface area contributed by atoms with Gasteiger partial charge in [0, 0.05) is 7.11 Å². The van der Waals surface area contributed by atoms with Crippen LogP contribution in [0.5, 0.6) is 5.75 Å². The Bertz CT molecular complexity index is 566. The topological polar surface area (TPSA) is 71.3 Å². The smallest absolute Gasteiger partial charge is 0.256 e. The van der Waals surface area contributed by atoms with Crippen molar-refractivity contribution in [3.05, 3.63) is 23.8 Å². The zero-order chi connectivity index (χ0) is 17.3. The minimum absolute atomic E-state index is 0.239.